The van der Waals surface area contributed by atoms with E-state index in [-0.39, 0.29) is 18.0 Å². The van der Waals surface area contributed by atoms with Crippen LogP contribution in [0.25, 0.3) is 0 Å². The van der Waals surface area contributed by atoms with Gasteiger partial charge in [-0.15, -0.1) is 0 Å². The molecule has 0 atom stereocenters. The van der Waals surface area contributed by atoms with Crippen molar-refractivity contribution in [3.05, 3.63) is 29.8 Å². The number of anilines is 1. The second kappa shape index (κ2) is 9.26. The number of carbonyl (C=O) groups is 1. The second-order valence-electron chi connectivity index (χ2n) is 5.54. The van der Waals surface area contributed by atoms with E-state index in [1.165, 1.54) is 0 Å². The average Bonchev–Trinajstić information content (AvgIpc) is 2.43. The minimum atomic E-state index is -0.288. The van der Waals surface area contributed by atoms with Crippen molar-refractivity contribution in [3.63, 3.8) is 0 Å². The number of hydrazine groups is 1. The fraction of sp³-hybridized carbons (Fsp3) is 0.400. The smallest absolute Gasteiger partial charge is 0.269 e. The van der Waals surface area contributed by atoms with Crippen LogP contribution in [-0.2, 0) is 0 Å². The summed E-state index contributed by atoms with van der Waals surface area (Å²) in [6, 6.07) is 7.46. The van der Waals surface area contributed by atoms with E-state index in [0.29, 0.717) is 15.8 Å². The molecule has 0 bridgehead atoms. The summed E-state index contributed by atoms with van der Waals surface area (Å²) >= 11 is 10.2. The highest BCUT2D eigenvalue weighted by Crippen LogP contribution is 2.10. The topological polar surface area (TPSA) is 77.2 Å². The Labute approximate surface area is 147 Å². The van der Waals surface area contributed by atoms with Gasteiger partial charge < -0.3 is 16.0 Å². The molecule has 0 aliphatic carbocycles. The van der Waals surface area contributed by atoms with E-state index in [1.807, 2.05) is 33.8 Å². The highest BCUT2D eigenvalue weighted by atomic mass is 32.1. The zero-order chi connectivity index (χ0) is 17.4. The van der Waals surface area contributed by atoms with Gasteiger partial charge in [0, 0.05) is 23.3 Å². The zero-order valence-corrected chi connectivity index (χ0v) is 15.3. The van der Waals surface area contributed by atoms with Crippen molar-refractivity contribution in [1.29, 1.82) is 0 Å². The second-order valence-corrected chi connectivity index (χ2v) is 6.36. The maximum absolute atomic E-state index is 12.1. The van der Waals surface area contributed by atoms with E-state index in [2.05, 4.69) is 26.8 Å². The molecule has 0 saturated heterocycles. The van der Waals surface area contributed by atoms with E-state index >= 15 is 0 Å². The third-order valence-corrected chi connectivity index (χ3v) is 2.95. The number of nitrogens with one attached hydrogen (secondary N) is 5. The molecule has 1 aromatic carbocycles. The Morgan fingerprint density at radius 2 is 1.57 bits per heavy atom. The zero-order valence-electron chi connectivity index (χ0n) is 13.7. The maximum atomic E-state index is 12.1. The molecule has 23 heavy (non-hydrogen) atoms. The summed E-state index contributed by atoms with van der Waals surface area (Å²) in [5.74, 6) is -0.288. The highest BCUT2D eigenvalue weighted by molar-refractivity contribution is 7.80. The van der Waals surface area contributed by atoms with Crippen molar-refractivity contribution in [2.24, 2.45) is 0 Å². The number of carbonyl (C=O) groups excluding carboxylic acids is 1. The first-order valence-corrected chi connectivity index (χ1v) is 8.14. The van der Waals surface area contributed by atoms with Gasteiger partial charge in [-0.1, -0.05) is 6.07 Å². The number of hydrogen-bond donors (Lipinski definition) is 5. The lowest BCUT2D eigenvalue weighted by Crippen LogP contribution is -2.48. The molecule has 1 rings (SSSR count). The Balaban J connectivity index is 2.60. The van der Waals surface area contributed by atoms with Gasteiger partial charge in [-0.05, 0) is 70.3 Å². The van der Waals surface area contributed by atoms with Gasteiger partial charge in [-0.25, -0.2) is 0 Å². The van der Waals surface area contributed by atoms with Gasteiger partial charge in [-0.3, -0.25) is 15.6 Å². The third-order valence-electron chi connectivity index (χ3n) is 2.51. The first-order chi connectivity index (χ1) is 10.8. The number of thiocarbonyl (C=S) groups is 2. The van der Waals surface area contributed by atoms with Crippen LogP contribution in [0.5, 0.6) is 0 Å². The summed E-state index contributed by atoms with van der Waals surface area (Å²) in [7, 11) is 0. The molecule has 6 nitrogen and oxygen atoms in total. The van der Waals surface area contributed by atoms with Crippen LogP contribution in [0.15, 0.2) is 24.3 Å². The van der Waals surface area contributed by atoms with Gasteiger partial charge in [0.25, 0.3) is 5.91 Å². The molecule has 126 valence electrons. The van der Waals surface area contributed by atoms with Gasteiger partial charge in [0.05, 0.1) is 0 Å². The molecule has 8 heteroatoms. The van der Waals surface area contributed by atoms with Crippen molar-refractivity contribution in [2.45, 2.75) is 39.8 Å². The summed E-state index contributed by atoms with van der Waals surface area (Å²) in [6.07, 6.45) is 0. The molecule has 0 fully saturated rings. The predicted octanol–water partition coefficient (Wildman–Crippen LogP) is 1.90. The molecule has 0 spiro atoms. The molecule has 1 amide bonds. The van der Waals surface area contributed by atoms with E-state index in [1.54, 1.807) is 18.2 Å². The normalized spacial score (nSPS) is 10.2. The first-order valence-electron chi connectivity index (χ1n) is 7.32. The SMILES string of the molecule is CC(C)NC(=S)NNC(=O)c1cccc(NC(=S)NC(C)C)c1. The summed E-state index contributed by atoms with van der Waals surface area (Å²) in [5, 5.41) is 9.97. The Hall–Kier alpha value is -1.93. The van der Waals surface area contributed by atoms with E-state index in [9.17, 15) is 4.79 Å². The summed E-state index contributed by atoms with van der Waals surface area (Å²) in [6.45, 7) is 7.91. The monoisotopic (exact) mass is 353 g/mol. The van der Waals surface area contributed by atoms with Crippen LogP contribution in [0.1, 0.15) is 38.1 Å². The lowest BCUT2D eigenvalue weighted by atomic mass is 10.2. The van der Waals surface area contributed by atoms with Gasteiger partial charge in [0.2, 0.25) is 0 Å². The lowest BCUT2D eigenvalue weighted by Gasteiger charge is -2.15. The van der Waals surface area contributed by atoms with Crippen molar-refractivity contribution < 1.29 is 4.79 Å². The minimum absolute atomic E-state index is 0.189. The Morgan fingerprint density at radius 3 is 2.17 bits per heavy atom. The van der Waals surface area contributed by atoms with Gasteiger partial charge in [0.1, 0.15) is 0 Å². The number of amides is 1. The Bertz CT molecular complexity index is 575. The molecular weight excluding hydrogens is 330 g/mol. The molecule has 0 aromatic heterocycles. The van der Waals surface area contributed by atoms with E-state index < -0.39 is 0 Å². The van der Waals surface area contributed by atoms with E-state index in [4.69, 9.17) is 24.4 Å². The number of rotatable bonds is 4. The van der Waals surface area contributed by atoms with Crippen molar-refractivity contribution in [2.75, 3.05) is 5.32 Å². The maximum Gasteiger partial charge on any atom is 0.269 e. The van der Waals surface area contributed by atoms with E-state index in [0.717, 1.165) is 5.69 Å². The first kappa shape index (κ1) is 19.1. The molecule has 0 aliphatic heterocycles. The third kappa shape index (κ3) is 7.75. The van der Waals surface area contributed by atoms with Gasteiger partial charge in [-0.2, -0.15) is 0 Å². The molecule has 0 heterocycles. The molecule has 5 N–H and O–H groups in total. The van der Waals surface area contributed by atoms with Crippen LogP contribution in [0.4, 0.5) is 5.69 Å². The van der Waals surface area contributed by atoms with Gasteiger partial charge in [0.15, 0.2) is 10.2 Å². The quantitative estimate of drug-likeness (QED) is 0.418. The van der Waals surface area contributed by atoms with Crippen molar-refractivity contribution >= 4 is 46.3 Å². The lowest BCUT2D eigenvalue weighted by molar-refractivity contribution is 0.0943. The highest BCUT2D eigenvalue weighted by Gasteiger charge is 2.08. The van der Waals surface area contributed by atoms with Crippen molar-refractivity contribution in [3.8, 4) is 0 Å². The minimum Gasteiger partial charge on any atom is -0.360 e. The standard InChI is InChI=1S/C15H23N5OS2/c1-9(2)16-14(22)18-12-7-5-6-11(8-12)13(21)19-20-15(23)17-10(3)4/h5-10H,1-4H3,(H,19,21)(H2,16,18,22)(H2,17,20,23). The van der Waals surface area contributed by atoms with Crippen LogP contribution < -0.4 is 26.8 Å². The van der Waals surface area contributed by atoms with Crippen LogP contribution in [0, 0.1) is 0 Å². The number of benzene rings is 1. The van der Waals surface area contributed by atoms with Crippen LogP contribution in [-0.4, -0.2) is 28.2 Å². The van der Waals surface area contributed by atoms with Crippen LogP contribution >= 0.6 is 24.4 Å². The molecule has 0 radical (unpaired) electrons. The fourth-order valence-corrected chi connectivity index (χ4v) is 2.29. The Morgan fingerprint density at radius 1 is 0.957 bits per heavy atom. The average molecular weight is 354 g/mol. The predicted molar refractivity (Wildman–Crippen MR) is 102 cm³/mol. The summed E-state index contributed by atoms with van der Waals surface area (Å²) in [5.41, 5.74) is 6.43. The molecular formula is C15H23N5OS2. The fourth-order valence-electron chi connectivity index (χ4n) is 1.65. The molecule has 1 aromatic rings. The number of hydrogen-bond acceptors (Lipinski definition) is 3. The molecule has 0 aliphatic rings. The van der Waals surface area contributed by atoms with Crippen LogP contribution in [0.2, 0.25) is 0 Å². The Kier molecular flexibility index (Phi) is 7.70. The van der Waals surface area contributed by atoms with Gasteiger partial charge >= 0.3 is 0 Å². The summed E-state index contributed by atoms with van der Waals surface area (Å²) in [4.78, 5) is 12.1. The van der Waals surface area contributed by atoms with Crippen LogP contribution in [0.3, 0.4) is 0 Å². The molecule has 0 saturated carbocycles. The largest absolute Gasteiger partial charge is 0.360 e. The summed E-state index contributed by atoms with van der Waals surface area (Å²) < 4.78 is 0. The van der Waals surface area contributed by atoms with Crippen molar-refractivity contribution in [1.82, 2.24) is 21.5 Å². The molecule has 0 unspecified atom stereocenters.